The molecular weight excluding hydrogens is 304 g/mol. The number of hydrogen-bond donors (Lipinski definition) is 2. The largest absolute Gasteiger partial charge is 0.363 e. The van der Waals surface area contributed by atoms with Crippen molar-refractivity contribution in [1.82, 2.24) is 25.3 Å². The molecular formula is C17H16N6O. The molecule has 24 heavy (non-hydrogen) atoms. The Morgan fingerprint density at radius 1 is 0.833 bits per heavy atom. The van der Waals surface area contributed by atoms with Gasteiger partial charge in [-0.3, -0.25) is 14.8 Å². The summed E-state index contributed by atoms with van der Waals surface area (Å²) in [6, 6.07) is 11.2. The van der Waals surface area contributed by atoms with Gasteiger partial charge in [0.15, 0.2) is 0 Å². The van der Waals surface area contributed by atoms with Crippen molar-refractivity contribution >= 4 is 11.7 Å². The first-order valence-corrected chi connectivity index (χ1v) is 7.45. The first-order valence-electron chi connectivity index (χ1n) is 7.45. The molecule has 0 saturated heterocycles. The molecule has 3 aromatic rings. The number of amides is 1. The molecule has 0 aliphatic carbocycles. The molecule has 0 radical (unpaired) electrons. The van der Waals surface area contributed by atoms with E-state index in [2.05, 4.69) is 30.6 Å². The number of nitrogens with zero attached hydrogens (tertiary/aromatic N) is 4. The summed E-state index contributed by atoms with van der Waals surface area (Å²) in [4.78, 5) is 28.7. The van der Waals surface area contributed by atoms with Crippen molar-refractivity contribution in [2.24, 2.45) is 0 Å². The van der Waals surface area contributed by atoms with Gasteiger partial charge in [-0.1, -0.05) is 12.1 Å². The third-order valence-corrected chi connectivity index (χ3v) is 3.22. The SMILES string of the molecule is O=C(NCc1ccccn1)c1cnc(NCc2ccccn2)cn1. The summed E-state index contributed by atoms with van der Waals surface area (Å²) >= 11 is 0. The molecule has 0 unspecified atom stereocenters. The molecule has 3 heterocycles. The summed E-state index contributed by atoms with van der Waals surface area (Å²) in [7, 11) is 0. The van der Waals surface area contributed by atoms with Gasteiger partial charge in [0.2, 0.25) is 0 Å². The summed E-state index contributed by atoms with van der Waals surface area (Å²) in [5.74, 6) is 0.298. The Labute approximate surface area is 139 Å². The minimum atomic E-state index is -0.288. The number of anilines is 1. The highest BCUT2D eigenvalue weighted by atomic mass is 16.1. The van der Waals surface area contributed by atoms with Crippen LogP contribution in [0.1, 0.15) is 21.9 Å². The lowest BCUT2D eigenvalue weighted by molar-refractivity contribution is 0.0945. The number of nitrogens with one attached hydrogen (secondary N) is 2. The molecule has 7 nitrogen and oxygen atoms in total. The third kappa shape index (κ3) is 4.33. The Morgan fingerprint density at radius 2 is 1.54 bits per heavy atom. The second kappa shape index (κ2) is 7.77. The van der Waals surface area contributed by atoms with Crippen LogP contribution in [0.15, 0.2) is 61.2 Å². The van der Waals surface area contributed by atoms with Crippen molar-refractivity contribution in [3.8, 4) is 0 Å². The van der Waals surface area contributed by atoms with Gasteiger partial charge in [-0.05, 0) is 24.3 Å². The molecule has 0 atom stereocenters. The maximum atomic E-state index is 12.0. The number of hydrogen-bond acceptors (Lipinski definition) is 6. The Balaban J connectivity index is 1.53. The minimum Gasteiger partial charge on any atom is -0.363 e. The molecule has 120 valence electrons. The smallest absolute Gasteiger partial charge is 0.271 e. The van der Waals surface area contributed by atoms with E-state index >= 15 is 0 Å². The maximum Gasteiger partial charge on any atom is 0.271 e. The van der Waals surface area contributed by atoms with E-state index in [0.29, 0.717) is 18.9 Å². The van der Waals surface area contributed by atoms with Gasteiger partial charge in [-0.15, -0.1) is 0 Å². The van der Waals surface area contributed by atoms with E-state index in [1.165, 1.54) is 12.4 Å². The molecule has 0 aliphatic rings. The van der Waals surface area contributed by atoms with Crippen LogP contribution in [0, 0.1) is 0 Å². The first kappa shape index (κ1) is 15.5. The van der Waals surface area contributed by atoms with E-state index in [4.69, 9.17) is 0 Å². The highest BCUT2D eigenvalue weighted by Gasteiger charge is 2.08. The summed E-state index contributed by atoms with van der Waals surface area (Å²) in [5.41, 5.74) is 1.94. The standard InChI is InChI=1S/C17H16N6O/c24-17(23-10-14-6-2-4-8-19-14)15-11-22-16(12-20-15)21-9-13-5-1-3-7-18-13/h1-8,11-12H,9-10H2,(H,21,22)(H,23,24). The van der Waals surface area contributed by atoms with Gasteiger partial charge in [0.1, 0.15) is 11.5 Å². The second-order valence-electron chi connectivity index (χ2n) is 4.97. The van der Waals surface area contributed by atoms with Crippen LogP contribution in [0.3, 0.4) is 0 Å². The van der Waals surface area contributed by atoms with Gasteiger partial charge < -0.3 is 10.6 Å². The van der Waals surface area contributed by atoms with Gasteiger partial charge in [-0.2, -0.15) is 0 Å². The average molecular weight is 320 g/mol. The number of rotatable bonds is 6. The van der Waals surface area contributed by atoms with Crippen LogP contribution in [0.4, 0.5) is 5.82 Å². The molecule has 7 heteroatoms. The fourth-order valence-corrected chi connectivity index (χ4v) is 1.98. The molecule has 3 rings (SSSR count). The predicted molar refractivity (Wildman–Crippen MR) is 89.0 cm³/mol. The second-order valence-corrected chi connectivity index (χ2v) is 4.97. The van der Waals surface area contributed by atoms with Crippen molar-refractivity contribution in [3.05, 3.63) is 78.3 Å². The Kier molecular flexibility index (Phi) is 5.03. The maximum absolute atomic E-state index is 12.0. The summed E-state index contributed by atoms with van der Waals surface area (Å²) < 4.78 is 0. The Morgan fingerprint density at radius 3 is 2.12 bits per heavy atom. The lowest BCUT2D eigenvalue weighted by Crippen LogP contribution is -2.24. The zero-order valence-corrected chi connectivity index (χ0v) is 12.9. The van der Waals surface area contributed by atoms with Crippen molar-refractivity contribution in [2.75, 3.05) is 5.32 Å². The van der Waals surface area contributed by atoms with Crippen LogP contribution in [-0.4, -0.2) is 25.8 Å². The van der Waals surface area contributed by atoms with E-state index in [9.17, 15) is 4.79 Å². The fraction of sp³-hybridized carbons (Fsp3) is 0.118. The van der Waals surface area contributed by atoms with E-state index in [-0.39, 0.29) is 11.6 Å². The lowest BCUT2D eigenvalue weighted by atomic mass is 10.3. The van der Waals surface area contributed by atoms with Gasteiger partial charge in [0.05, 0.1) is 36.9 Å². The van der Waals surface area contributed by atoms with Crippen LogP contribution < -0.4 is 10.6 Å². The van der Waals surface area contributed by atoms with Crippen molar-refractivity contribution in [3.63, 3.8) is 0 Å². The quantitative estimate of drug-likeness (QED) is 0.719. The average Bonchev–Trinajstić information content (AvgIpc) is 2.66. The van der Waals surface area contributed by atoms with Crippen LogP contribution in [0.25, 0.3) is 0 Å². The zero-order valence-electron chi connectivity index (χ0n) is 12.9. The van der Waals surface area contributed by atoms with Gasteiger partial charge in [0, 0.05) is 12.4 Å². The highest BCUT2D eigenvalue weighted by Crippen LogP contribution is 2.04. The number of pyridine rings is 2. The van der Waals surface area contributed by atoms with Crippen LogP contribution in [-0.2, 0) is 13.1 Å². The molecule has 0 spiro atoms. The molecule has 0 aromatic carbocycles. The van der Waals surface area contributed by atoms with Gasteiger partial charge in [-0.25, -0.2) is 9.97 Å². The van der Waals surface area contributed by atoms with Gasteiger partial charge in [0.25, 0.3) is 5.91 Å². The monoisotopic (exact) mass is 320 g/mol. The topological polar surface area (TPSA) is 92.7 Å². The third-order valence-electron chi connectivity index (χ3n) is 3.22. The highest BCUT2D eigenvalue weighted by molar-refractivity contribution is 5.91. The van der Waals surface area contributed by atoms with Crippen molar-refractivity contribution in [2.45, 2.75) is 13.1 Å². The predicted octanol–water partition coefficient (Wildman–Crippen LogP) is 1.81. The minimum absolute atomic E-state index is 0.259. The lowest BCUT2D eigenvalue weighted by Gasteiger charge is -2.06. The van der Waals surface area contributed by atoms with Crippen molar-refractivity contribution in [1.29, 1.82) is 0 Å². The Hall–Kier alpha value is -3.35. The zero-order chi connectivity index (χ0) is 16.6. The van der Waals surface area contributed by atoms with E-state index in [1.807, 2.05) is 36.4 Å². The van der Waals surface area contributed by atoms with Crippen LogP contribution in [0.2, 0.25) is 0 Å². The molecule has 0 aliphatic heterocycles. The summed E-state index contributed by atoms with van der Waals surface area (Å²) in [6.07, 6.45) is 6.38. The fourth-order valence-electron chi connectivity index (χ4n) is 1.98. The summed E-state index contributed by atoms with van der Waals surface area (Å²) in [6.45, 7) is 0.891. The Bertz CT molecular complexity index is 777. The van der Waals surface area contributed by atoms with Crippen molar-refractivity contribution < 1.29 is 4.79 Å². The van der Waals surface area contributed by atoms with Crippen LogP contribution >= 0.6 is 0 Å². The number of carbonyl (C=O) groups excluding carboxylic acids is 1. The number of aromatic nitrogens is 4. The molecule has 1 amide bonds. The first-order chi connectivity index (χ1) is 11.8. The molecule has 0 bridgehead atoms. The van der Waals surface area contributed by atoms with Gasteiger partial charge >= 0.3 is 0 Å². The molecule has 3 aromatic heterocycles. The normalized spacial score (nSPS) is 10.2. The number of carbonyl (C=O) groups is 1. The van der Waals surface area contributed by atoms with E-state index in [0.717, 1.165) is 11.4 Å². The molecule has 0 fully saturated rings. The summed E-state index contributed by atoms with van der Waals surface area (Å²) in [5, 5.41) is 5.87. The molecule has 2 N–H and O–H groups in total. The molecule has 0 saturated carbocycles. The van der Waals surface area contributed by atoms with E-state index in [1.54, 1.807) is 12.4 Å². The van der Waals surface area contributed by atoms with E-state index < -0.39 is 0 Å². The van der Waals surface area contributed by atoms with Crippen LogP contribution in [0.5, 0.6) is 0 Å².